The van der Waals surface area contributed by atoms with E-state index >= 15 is 4.39 Å². The second-order valence-corrected chi connectivity index (χ2v) is 14.6. The highest BCUT2D eigenvalue weighted by atomic mass is 19.4. The van der Waals surface area contributed by atoms with Crippen LogP contribution in [0, 0.1) is 5.82 Å². The molecule has 3 unspecified atom stereocenters. The lowest BCUT2D eigenvalue weighted by Crippen LogP contribution is -2.91. The van der Waals surface area contributed by atoms with E-state index < -0.39 is 33.9 Å². The van der Waals surface area contributed by atoms with Crippen LogP contribution in [-0.4, -0.2) is 9.78 Å². The average Bonchev–Trinajstić information content (AvgIpc) is 3.60. The van der Waals surface area contributed by atoms with E-state index in [1.807, 2.05) is 30.5 Å². The molecule has 9 rings (SSSR count). The third-order valence-corrected chi connectivity index (χ3v) is 12.6. The van der Waals surface area contributed by atoms with Gasteiger partial charge in [-0.25, -0.2) is 4.39 Å². The number of alkyl halides is 3. The summed E-state index contributed by atoms with van der Waals surface area (Å²) in [5.74, 6) is -0.250. The van der Waals surface area contributed by atoms with Crippen molar-refractivity contribution < 1.29 is 26.7 Å². The Balaban J connectivity index is 1.45. The highest BCUT2D eigenvalue weighted by Gasteiger charge is 2.89. The van der Waals surface area contributed by atoms with Gasteiger partial charge in [-0.3, -0.25) is 0 Å². The van der Waals surface area contributed by atoms with Gasteiger partial charge in [0.25, 0.3) is 5.66 Å². The third kappa shape index (κ3) is 2.97. The summed E-state index contributed by atoms with van der Waals surface area (Å²) in [6.45, 7) is 10.8. The molecule has 1 spiro atoms. The van der Waals surface area contributed by atoms with Crippen molar-refractivity contribution in [3.8, 4) is 22.6 Å². The van der Waals surface area contributed by atoms with Crippen LogP contribution in [0.5, 0.6) is 0 Å². The Kier molecular flexibility index (Phi) is 5.50. The first-order valence-corrected chi connectivity index (χ1v) is 17.0. The number of aryl methyl sites for hydroxylation is 1. The molecule has 1 saturated carbocycles. The van der Waals surface area contributed by atoms with Crippen LogP contribution in [0.25, 0.3) is 33.4 Å². The summed E-state index contributed by atoms with van der Waals surface area (Å²) in [6.07, 6.45) is 4.67. The van der Waals surface area contributed by atoms with Gasteiger partial charge in [0.2, 0.25) is 11.4 Å². The summed E-state index contributed by atoms with van der Waals surface area (Å²) in [6, 6.07) is 17.1. The first kappa shape index (κ1) is 29.1. The number of unbranched alkanes of at least 4 members (excludes halogenated alkanes) is 1. The molecule has 2 aromatic carbocycles. The fourth-order valence-corrected chi connectivity index (χ4v) is 10.8. The number of pyridine rings is 2. The maximum absolute atomic E-state index is 16.5. The first-order valence-electron chi connectivity index (χ1n) is 17.0. The lowest BCUT2D eigenvalue weighted by molar-refractivity contribution is -0.866. The number of aromatic nitrogens is 4. The zero-order valence-electron chi connectivity index (χ0n) is 27.4. The Morgan fingerprint density at radius 3 is 2.43 bits per heavy atom. The Morgan fingerprint density at radius 2 is 1.70 bits per heavy atom. The van der Waals surface area contributed by atoms with Crippen molar-refractivity contribution in [2.45, 2.75) is 101 Å². The van der Waals surface area contributed by atoms with Crippen LogP contribution in [0.4, 0.5) is 17.6 Å². The van der Waals surface area contributed by atoms with E-state index in [1.165, 1.54) is 22.4 Å². The van der Waals surface area contributed by atoms with E-state index in [0.29, 0.717) is 29.8 Å². The topological polar surface area (TPSA) is 25.6 Å². The monoisotopic (exact) mass is 638 g/mol. The molecule has 5 heterocycles. The van der Waals surface area contributed by atoms with Crippen LogP contribution in [0.15, 0.2) is 67.0 Å². The van der Waals surface area contributed by atoms with Crippen LogP contribution in [-0.2, 0) is 34.6 Å². The summed E-state index contributed by atoms with van der Waals surface area (Å²) in [4.78, 5) is 0. The van der Waals surface area contributed by atoms with E-state index in [1.54, 1.807) is 10.7 Å². The predicted molar refractivity (Wildman–Crippen MR) is 171 cm³/mol. The van der Waals surface area contributed by atoms with Crippen molar-refractivity contribution in [1.82, 2.24) is 9.78 Å². The molecule has 47 heavy (non-hydrogen) atoms. The second kappa shape index (κ2) is 8.88. The Hall–Kier alpha value is -4.07. The minimum atomic E-state index is -4.58. The van der Waals surface area contributed by atoms with Crippen molar-refractivity contribution in [2.24, 2.45) is 0 Å². The van der Waals surface area contributed by atoms with Crippen LogP contribution in [0.1, 0.15) is 94.7 Å². The number of nitrogens with zero attached hydrogens (tertiary/aromatic N) is 4. The van der Waals surface area contributed by atoms with Crippen LogP contribution in [0.2, 0.25) is 0 Å². The van der Waals surface area contributed by atoms with Crippen LogP contribution in [0.3, 0.4) is 0 Å². The van der Waals surface area contributed by atoms with E-state index in [-0.39, 0.29) is 5.82 Å². The third-order valence-electron chi connectivity index (χ3n) is 12.6. The molecule has 3 atom stereocenters. The van der Waals surface area contributed by atoms with E-state index in [2.05, 4.69) is 73.2 Å². The van der Waals surface area contributed by atoms with Gasteiger partial charge >= 0.3 is 6.18 Å². The maximum Gasteiger partial charge on any atom is 0.435 e. The molecule has 4 nitrogen and oxygen atoms in total. The van der Waals surface area contributed by atoms with Gasteiger partial charge < -0.3 is 0 Å². The summed E-state index contributed by atoms with van der Waals surface area (Å²) in [5.41, 5.74) is 3.48. The van der Waals surface area contributed by atoms with Crippen molar-refractivity contribution >= 4 is 10.8 Å². The molecule has 0 saturated heterocycles. The standard InChI is InChI=1S/C39H38F4N4/c1-6-9-12-23-14-15-25-31-24(23)18-20-46-34(31)32-26(16-17-27(40)33(32)35(25,4)5)37(8-3)36(46,7-2)22-38(37)45-19-11-10-13-28(45)29-21-30(39(41,42)43)44-47(29)38/h10-11,13-21H,6-9,12,22H2,1-5H3/q+2. The molecular formula is C39H38F4N4+2. The number of hydrogen-bond donors (Lipinski definition) is 0. The predicted octanol–water partition coefficient (Wildman–Crippen LogP) is 8.47. The van der Waals surface area contributed by atoms with Gasteiger partial charge in [0.15, 0.2) is 23.6 Å². The van der Waals surface area contributed by atoms with Crippen LogP contribution >= 0.6 is 0 Å². The van der Waals surface area contributed by atoms with Crippen LogP contribution < -0.4 is 9.13 Å². The van der Waals surface area contributed by atoms with Gasteiger partial charge in [-0.05, 0) is 53.5 Å². The quantitative estimate of drug-likeness (QED) is 0.140. The van der Waals surface area contributed by atoms with Crippen molar-refractivity contribution in [3.63, 3.8) is 0 Å². The number of benzene rings is 2. The van der Waals surface area contributed by atoms with E-state index in [4.69, 9.17) is 0 Å². The van der Waals surface area contributed by atoms with Crippen molar-refractivity contribution in [2.75, 3.05) is 0 Å². The summed E-state index contributed by atoms with van der Waals surface area (Å²) >= 11 is 0. The molecular weight excluding hydrogens is 600 g/mol. The molecule has 4 aliphatic rings. The SMILES string of the molecule is CCCCc1ccc2c3c4[n+](ccc13)C1(CC)CC3(n5nc(C(F)(F)F)cc5-c5cccc[n+]53)C1(CC)c1ccc(F)c(c1-4)C2(C)C. The molecule has 240 valence electrons. The molecule has 0 amide bonds. The Bertz CT molecular complexity index is 2200. The summed E-state index contributed by atoms with van der Waals surface area (Å²) in [5, 5.41) is 6.78. The zero-order valence-corrected chi connectivity index (χ0v) is 27.4. The zero-order chi connectivity index (χ0) is 32.9. The normalized spacial score (nSPS) is 25.5. The van der Waals surface area contributed by atoms with E-state index in [0.717, 1.165) is 48.1 Å². The molecule has 2 aliphatic heterocycles. The minimum Gasteiger partial charge on any atom is -0.207 e. The van der Waals surface area contributed by atoms with E-state index in [9.17, 15) is 13.2 Å². The highest BCUT2D eigenvalue weighted by Crippen LogP contribution is 2.71. The molecule has 1 fully saturated rings. The molecule has 0 N–H and O–H groups in total. The molecule has 0 bridgehead atoms. The highest BCUT2D eigenvalue weighted by molar-refractivity contribution is 6.03. The summed E-state index contributed by atoms with van der Waals surface area (Å²) in [7, 11) is 0. The Morgan fingerprint density at radius 1 is 0.915 bits per heavy atom. The first-order chi connectivity index (χ1) is 22.4. The second-order valence-electron chi connectivity index (χ2n) is 14.6. The molecule has 8 heteroatoms. The lowest BCUT2D eigenvalue weighted by atomic mass is 9.40. The Labute approximate surface area is 271 Å². The minimum absolute atomic E-state index is 0.250. The number of hydrogen-bond acceptors (Lipinski definition) is 1. The fourth-order valence-electron chi connectivity index (χ4n) is 10.8. The van der Waals surface area contributed by atoms with Gasteiger partial charge in [0.1, 0.15) is 23.3 Å². The molecule has 3 aromatic heterocycles. The van der Waals surface area contributed by atoms with Gasteiger partial charge in [0, 0.05) is 41.7 Å². The summed E-state index contributed by atoms with van der Waals surface area (Å²) < 4.78 is 65.6. The molecule has 2 aliphatic carbocycles. The van der Waals surface area contributed by atoms with Gasteiger partial charge in [-0.1, -0.05) is 59.2 Å². The van der Waals surface area contributed by atoms with Crippen molar-refractivity contribution in [1.29, 1.82) is 0 Å². The fraction of sp³-hybridized carbons (Fsp3) is 0.410. The largest absolute Gasteiger partial charge is 0.435 e. The number of rotatable bonds is 5. The maximum atomic E-state index is 16.5. The molecule has 0 radical (unpaired) electrons. The number of fused-ring (bicyclic) bond motifs is 9. The molecule has 5 aromatic rings. The van der Waals surface area contributed by atoms with Gasteiger partial charge in [-0.2, -0.15) is 32.1 Å². The smallest absolute Gasteiger partial charge is 0.207 e. The lowest BCUT2D eigenvalue weighted by Gasteiger charge is -2.64. The van der Waals surface area contributed by atoms with Gasteiger partial charge in [-0.15, -0.1) is 0 Å². The van der Waals surface area contributed by atoms with Gasteiger partial charge in [0.05, 0.1) is 10.9 Å². The van der Waals surface area contributed by atoms with Crippen molar-refractivity contribution in [3.05, 3.63) is 101 Å². The average molecular weight is 639 g/mol. The number of halogens is 4.